The van der Waals surface area contributed by atoms with Gasteiger partial charge in [-0.15, -0.1) is 0 Å². The fourth-order valence-corrected chi connectivity index (χ4v) is 3.11. The molecule has 1 aromatic carbocycles. The van der Waals surface area contributed by atoms with Gasteiger partial charge in [0.25, 0.3) is 5.91 Å². The molecule has 2 aliphatic rings. The molecule has 1 saturated heterocycles. The monoisotopic (exact) mass is 286 g/mol. The maximum absolute atomic E-state index is 12.3. The molecule has 2 heterocycles. The van der Waals surface area contributed by atoms with Crippen LogP contribution in [0.15, 0.2) is 29.8 Å². The number of hydrogen-bond donors (Lipinski definition) is 1. The molecule has 1 aromatic rings. The highest BCUT2D eigenvalue weighted by Crippen LogP contribution is 2.25. The van der Waals surface area contributed by atoms with E-state index in [0.29, 0.717) is 18.2 Å². The minimum absolute atomic E-state index is 0.00699. The van der Waals surface area contributed by atoms with Crippen molar-refractivity contribution >= 4 is 12.0 Å². The molecule has 1 atom stereocenters. The van der Waals surface area contributed by atoms with Crippen LogP contribution in [0, 0.1) is 0 Å². The Hall–Kier alpha value is -1.81. The van der Waals surface area contributed by atoms with Gasteiger partial charge in [0.1, 0.15) is 12.4 Å². The summed E-state index contributed by atoms with van der Waals surface area (Å²) in [7, 11) is 0. The summed E-state index contributed by atoms with van der Waals surface area (Å²) in [5, 5.41) is 3.06. The third kappa shape index (κ3) is 3.10. The molecule has 112 valence electrons. The van der Waals surface area contributed by atoms with Crippen molar-refractivity contribution in [2.24, 2.45) is 0 Å². The lowest BCUT2D eigenvalue weighted by Crippen LogP contribution is -2.41. The first-order valence-corrected chi connectivity index (χ1v) is 7.72. The van der Waals surface area contributed by atoms with Gasteiger partial charge in [-0.05, 0) is 38.1 Å². The first-order chi connectivity index (χ1) is 10.3. The molecule has 3 rings (SSSR count). The summed E-state index contributed by atoms with van der Waals surface area (Å²) in [4.78, 5) is 14.7. The summed E-state index contributed by atoms with van der Waals surface area (Å²) in [6.07, 6.45) is 4.33. The number of nitrogens with one attached hydrogen (secondary N) is 1. The van der Waals surface area contributed by atoms with Crippen molar-refractivity contribution in [3.63, 3.8) is 0 Å². The molecule has 21 heavy (non-hydrogen) atoms. The molecular weight excluding hydrogens is 264 g/mol. The maximum atomic E-state index is 12.3. The van der Waals surface area contributed by atoms with E-state index >= 15 is 0 Å². The Morgan fingerprint density at radius 1 is 1.43 bits per heavy atom. The van der Waals surface area contributed by atoms with Gasteiger partial charge >= 0.3 is 0 Å². The third-order valence-electron chi connectivity index (χ3n) is 4.33. The number of carbonyl (C=O) groups excluding carboxylic acids is 1. The number of hydrogen-bond acceptors (Lipinski definition) is 3. The number of amides is 1. The van der Waals surface area contributed by atoms with Crippen LogP contribution in [0.2, 0.25) is 0 Å². The SMILES string of the molecule is CCN1CCCC1CNC(=O)C1=Cc2ccccc2OC1. The van der Waals surface area contributed by atoms with Gasteiger partial charge in [-0.2, -0.15) is 0 Å². The highest BCUT2D eigenvalue weighted by Gasteiger charge is 2.24. The second-order valence-corrected chi connectivity index (χ2v) is 5.63. The van der Waals surface area contributed by atoms with Crippen LogP contribution in [-0.4, -0.2) is 43.1 Å². The van der Waals surface area contributed by atoms with Gasteiger partial charge in [0.2, 0.25) is 0 Å². The summed E-state index contributed by atoms with van der Waals surface area (Å²) >= 11 is 0. The van der Waals surface area contributed by atoms with Crippen LogP contribution in [-0.2, 0) is 4.79 Å². The van der Waals surface area contributed by atoms with Gasteiger partial charge in [0.15, 0.2) is 0 Å². The zero-order chi connectivity index (χ0) is 14.7. The zero-order valence-corrected chi connectivity index (χ0v) is 12.5. The van der Waals surface area contributed by atoms with E-state index in [1.165, 1.54) is 12.8 Å². The molecule has 0 aromatic heterocycles. The van der Waals surface area contributed by atoms with Gasteiger partial charge in [0, 0.05) is 18.2 Å². The second-order valence-electron chi connectivity index (χ2n) is 5.63. The van der Waals surface area contributed by atoms with Gasteiger partial charge < -0.3 is 10.1 Å². The Morgan fingerprint density at radius 3 is 3.14 bits per heavy atom. The number of para-hydroxylation sites is 1. The van der Waals surface area contributed by atoms with E-state index in [1.54, 1.807) is 0 Å². The number of carbonyl (C=O) groups is 1. The van der Waals surface area contributed by atoms with Crippen molar-refractivity contribution in [3.05, 3.63) is 35.4 Å². The van der Waals surface area contributed by atoms with Gasteiger partial charge in [-0.25, -0.2) is 0 Å². The quantitative estimate of drug-likeness (QED) is 0.921. The molecule has 0 aliphatic carbocycles. The Bertz CT molecular complexity index is 553. The number of benzene rings is 1. The van der Waals surface area contributed by atoms with Crippen LogP contribution in [0.25, 0.3) is 6.08 Å². The Morgan fingerprint density at radius 2 is 2.29 bits per heavy atom. The smallest absolute Gasteiger partial charge is 0.250 e. The van der Waals surface area contributed by atoms with Crippen molar-refractivity contribution in [3.8, 4) is 5.75 Å². The first-order valence-electron chi connectivity index (χ1n) is 7.72. The highest BCUT2D eigenvalue weighted by atomic mass is 16.5. The number of likely N-dealkylation sites (N-methyl/N-ethyl adjacent to an activating group) is 1. The molecule has 4 nitrogen and oxygen atoms in total. The van der Waals surface area contributed by atoms with Crippen molar-refractivity contribution in [2.45, 2.75) is 25.8 Å². The largest absolute Gasteiger partial charge is 0.488 e. The second kappa shape index (κ2) is 6.31. The molecule has 1 amide bonds. The molecular formula is C17H22N2O2. The molecule has 1 fully saturated rings. The molecule has 0 radical (unpaired) electrons. The molecule has 1 unspecified atom stereocenters. The number of fused-ring (bicyclic) bond motifs is 1. The predicted molar refractivity (Wildman–Crippen MR) is 83.2 cm³/mol. The summed E-state index contributed by atoms with van der Waals surface area (Å²) in [6.45, 7) is 5.46. The predicted octanol–water partition coefficient (Wildman–Crippen LogP) is 2.06. The van der Waals surface area contributed by atoms with Crippen LogP contribution < -0.4 is 10.1 Å². The maximum Gasteiger partial charge on any atom is 0.250 e. The lowest BCUT2D eigenvalue weighted by molar-refractivity contribution is -0.118. The van der Waals surface area contributed by atoms with E-state index in [-0.39, 0.29) is 5.91 Å². The van der Waals surface area contributed by atoms with Crippen molar-refractivity contribution in [1.82, 2.24) is 10.2 Å². The molecule has 1 N–H and O–H groups in total. The molecule has 0 saturated carbocycles. The summed E-state index contributed by atoms with van der Waals surface area (Å²) in [6, 6.07) is 8.28. The minimum atomic E-state index is -0.00699. The molecule has 4 heteroatoms. The van der Waals surface area contributed by atoms with Gasteiger partial charge in [0.05, 0.1) is 5.57 Å². The van der Waals surface area contributed by atoms with E-state index in [9.17, 15) is 4.79 Å². The van der Waals surface area contributed by atoms with E-state index in [0.717, 1.165) is 30.9 Å². The van der Waals surface area contributed by atoms with Crippen LogP contribution in [0.5, 0.6) is 5.75 Å². The van der Waals surface area contributed by atoms with Crippen molar-refractivity contribution < 1.29 is 9.53 Å². The summed E-state index contributed by atoms with van der Waals surface area (Å²) in [5.74, 6) is 0.842. The van der Waals surface area contributed by atoms with Gasteiger partial charge in [-0.3, -0.25) is 9.69 Å². The first kappa shape index (κ1) is 14.1. The van der Waals surface area contributed by atoms with E-state index in [1.807, 2.05) is 30.3 Å². The lowest BCUT2D eigenvalue weighted by atomic mass is 10.1. The van der Waals surface area contributed by atoms with Crippen molar-refractivity contribution in [1.29, 1.82) is 0 Å². The number of likely N-dealkylation sites (tertiary alicyclic amines) is 1. The molecule has 0 spiro atoms. The Kier molecular flexibility index (Phi) is 4.25. The lowest BCUT2D eigenvalue weighted by Gasteiger charge is -2.23. The average molecular weight is 286 g/mol. The highest BCUT2D eigenvalue weighted by molar-refractivity contribution is 5.99. The average Bonchev–Trinajstić information content (AvgIpc) is 2.99. The minimum Gasteiger partial charge on any atom is -0.488 e. The molecule has 2 aliphatic heterocycles. The zero-order valence-electron chi connectivity index (χ0n) is 12.5. The third-order valence-corrected chi connectivity index (χ3v) is 4.33. The number of ether oxygens (including phenoxy) is 1. The topological polar surface area (TPSA) is 41.6 Å². The van der Waals surface area contributed by atoms with Crippen molar-refractivity contribution in [2.75, 3.05) is 26.2 Å². The fourth-order valence-electron chi connectivity index (χ4n) is 3.11. The molecule has 0 bridgehead atoms. The van der Waals surface area contributed by atoms with Crippen LogP contribution in [0.3, 0.4) is 0 Å². The van der Waals surface area contributed by atoms with E-state index < -0.39 is 0 Å². The van der Waals surface area contributed by atoms with Gasteiger partial charge in [-0.1, -0.05) is 25.1 Å². The Balaban J connectivity index is 1.60. The summed E-state index contributed by atoms with van der Waals surface area (Å²) in [5.41, 5.74) is 1.68. The normalized spacial score (nSPS) is 21.4. The van der Waals surface area contributed by atoms with Crippen LogP contribution in [0.1, 0.15) is 25.3 Å². The summed E-state index contributed by atoms with van der Waals surface area (Å²) < 4.78 is 5.63. The van der Waals surface area contributed by atoms with Crippen LogP contribution in [0.4, 0.5) is 0 Å². The van der Waals surface area contributed by atoms with E-state index in [2.05, 4.69) is 17.1 Å². The number of rotatable bonds is 4. The van der Waals surface area contributed by atoms with E-state index in [4.69, 9.17) is 4.74 Å². The standard InChI is InChI=1S/C17H22N2O2/c1-2-19-9-5-7-15(19)11-18-17(20)14-10-13-6-3-4-8-16(13)21-12-14/h3-4,6,8,10,15H,2,5,7,9,11-12H2,1H3,(H,18,20). The Labute approximate surface area is 125 Å². The van der Waals surface area contributed by atoms with Crippen LogP contribution >= 0.6 is 0 Å². The number of nitrogens with zero attached hydrogens (tertiary/aromatic N) is 1. The fraction of sp³-hybridized carbons (Fsp3) is 0.471.